The Balaban J connectivity index is 2.05. The summed E-state index contributed by atoms with van der Waals surface area (Å²) < 4.78 is 0. The summed E-state index contributed by atoms with van der Waals surface area (Å²) in [6.07, 6.45) is 3.42. The topological polar surface area (TPSA) is 56.1 Å². The van der Waals surface area contributed by atoms with E-state index in [0.717, 1.165) is 19.3 Å². The van der Waals surface area contributed by atoms with E-state index in [4.69, 9.17) is 16.9 Å². The Morgan fingerprint density at radius 2 is 2.17 bits per heavy atom. The summed E-state index contributed by atoms with van der Waals surface area (Å²) in [4.78, 5) is 14.7. The van der Waals surface area contributed by atoms with Crippen molar-refractivity contribution in [2.45, 2.75) is 52.1 Å². The molecule has 23 heavy (non-hydrogen) atoms. The molecular formula is C18H24ClN3O. The lowest BCUT2D eigenvalue weighted by Crippen LogP contribution is -2.43. The molecule has 2 rings (SSSR count). The molecule has 1 aromatic rings. The van der Waals surface area contributed by atoms with E-state index in [1.165, 1.54) is 0 Å². The van der Waals surface area contributed by atoms with E-state index in [2.05, 4.69) is 37.1 Å². The number of carbonyl (C=O) groups is 1. The smallest absolute Gasteiger partial charge is 0.238 e. The molecule has 0 aliphatic heterocycles. The third kappa shape index (κ3) is 4.70. The second-order valence-corrected chi connectivity index (χ2v) is 6.82. The minimum Gasteiger partial charge on any atom is -0.324 e. The highest BCUT2D eigenvalue weighted by Crippen LogP contribution is 2.31. The Bertz CT molecular complexity index is 607. The number of halogens is 1. The highest BCUT2D eigenvalue weighted by molar-refractivity contribution is 6.31. The fourth-order valence-corrected chi connectivity index (χ4v) is 2.92. The van der Waals surface area contributed by atoms with Crippen LogP contribution in [0.5, 0.6) is 0 Å². The van der Waals surface area contributed by atoms with Crippen molar-refractivity contribution < 1.29 is 4.79 Å². The molecule has 0 aromatic heterocycles. The molecule has 0 spiro atoms. The predicted octanol–water partition coefficient (Wildman–Crippen LogP) is 4.05. The van der Waals surface area contributed by atoms with Crippen LogP contribution in [0.2, 0.25) is 5.02 Å². The zero-order valence-electron chi connectivity index (χ0n) is 14.0. The average Bonchev–Trinajstić information content (AvgIpc) is 3.36. The van der Waals surface area contributed by atoms with Gasteiger partial charge in [0.1, 0.15) is 6.07 Å². The highest BCUT2D eigenvalue weighted by Gasteiger charge is 2.34. The molecule has 4 nitrogen and oxygen atoms in total. The van der Waals surface area contributed by atoms with Crippen LogP contribution in [0.3, 0.4) is 0 Å². The Morgan fingerprint density at radius 1 is 1.48 bits per heavy atom. The summed E-state index contributed by atoms with van der Waals surface area (Å²) in [5.74, 6) is 0.454. The first-order chi connectivity index (χ1) is 11.0. The van der Waals surface area contributed by atoms with E-state index >= 15 is 0 Å². The number of benzene rings is 1. The van der Waals surface area contributed by atoms with Crippen LogP contribution in [0.15, 0.2) is 18.2 Å². The van der Waals surface area contributed by atoms with Gasteiger partial charge in [-0.1, -0.05) is 31.9 Å². The molecular weight excluding hydrogens is 310 g/mol. The summed E-state index contributed by atoms with van der Waals surface area (Å²) in [7, 11) is 0. The van der Waals surface area contributed by atoms with E-state index in [0.29, 0.717) is 40.8 Å². The quantitative estimate of drug-likeness (QED) is 0.819. The summed E-state index contributed by atoms with van der Waals surface area (Å²) in [5, 5.41) is 12.5. The number of nitriles is 1. The number of nitrogens with one attached hydrogen (secondary N) is 1. The van der Waals surface area contributed by atoms with Gasteiger partial charge in [-0.05, 0) is 43.9 Å². The van der Waals surface area contributed by atoms with Gasteiger partial charge in [0.25, 0.3) is 0 Å². The van der Waals surface area contributed by atoms with E-state index < -0.39 is 0 Å². The molecule has 0 radical (unpaired) electrons. The molecule has 1 amide bonds. The molecule has 5 heteroatoms. The predicted molar refractivity (Wildman–Crippen MR) is 93.4 cm³/mol. The fraction of sp³-hybridized carbons (Fsp3) is 0.556. The van der Waals surface area contributed by atoms with E-state index in [1.807, 2.05) is 0 Å². The van der Waals surface area contributed by atoms with Crippen molar-refractivity contribution in [2.24, 2.45) is 5.92 Å². The van der Waals surface area contributed by atoms with Crippen molar-refractivity contribution in [3.05, 3.63) is 28.8 Å². The summed E-state index contributed by atoms with van der Waals surface area (Å²) in [5.41, 5.74) is 0.910. The lowest BCUT2D eigenvalue weighted by atomic mass is 9.99. The monoisotopic (exact) mass is 333 g/mol. The van der Waals surface area contributed by atoms with Gasteiger partial charge < -0.3 is 5.32 Å². The molecule has 124 valence electrons. The van der Waals surface area contributed by atoms with Gasteiger partial charge in [-0.3, -0.25) is 9.69 Å². The van der Waals surface area contributed by atoms with Crippen LogP contribution in [0.1, 0.15) is 45.6 Å². The minimum absolute atomic E-state index is 0.0918. The average molecular weight is 334 g/mol. The van der Waals surface area contributed by atoms with Gasteiger partial charge >= 0.3 is 0 Å². The van der Waals surface area contributed by atoms with Gasteiger partial charge in [0.05, 0.1) is 17.8 Å². The second-order valence-electron chi connectivity index (χ2n) is 6.38. The van der Waals surface area contributed by atoms with Gasteiger partial charge in [0, 0.05) is 17.1 Å². The van der Waals surface area contributed by atoms with Crippen LogP contribution in [0.25, 0.3) is 0 Å². The van der Waals surface area contributed by atoms with E-state index in [1.54, 1.807) is 18.2 Å². The standard InChI is InChI=1S/C18H24ClN3O/c1-4-12(2)13(3)22(16-7-8-16)11-18(23)21-17-9-15(19)6-5-14(17)10-20/h5-6,9,12-13,16H,4,7-8,11H2,1-3H3,(H,21,23). The van der Waals surface area contributed by atoms with E-state index in [9.17, 15) is 4.79 Å². The number of hydrogen-bond donors (Lipinski definition) is 1. The first kappa shape index (κ1) is 17.8. The Morgan fingerprint density at radius 3 is 2.74 bits per heavy atom. The number of carbonyl (C=O) groups excluding carboxylic acids is 1. The lowest BCUT2D eigenvalue weighted by molar-refractivity contribution is -0.118. The molecule has 1 aromatic carbocycles. The molecule has 1 fully saturated rings. The summed E-state index contributed by atoms with van der Waals surface area (Å²) in [6.45, 7) is 6.95. The molecule has 2 atom stereocenters. The first-order valence-corrected chi connectivity index (χ1v) is 8.59. The van der Waals surface area contributed by atoms with Crippen LogP contribution in [0.4, 0.5) is 5.69 Å². The molecule has 0 bridgehead atoms. The third-order valence-corrected chi connectivity index (χ3v) is 4.94. The van der Waals surface area contributed by atoms with Crippen LogP contribution in [-0.2, 0) is 4.79 Å². The third-order valence-electron chi connectivity index (χ3n) is 4.71. The van der Waals surface area contributed by atoms with Crippen LogP contribution < -0.4 is 5.32 Å². The molecule has 1 N–H and O–H groups in total. The fourth-order valence-electron chi connectivity index (χ4n) is 2.75. The largest absolute Gasteiger partial charge is 0.324 e. The van der Waals surface area contributed by atoms with Crippen molar-refractivity contribution in [3.63, 3.8) is 0 Å². The van der Waals surface area contributed by atoms with Gasteiger partial charge in [0.15, 0.2) is 0 Å². The number of rotatable bonds is 7. The van der Waals surface area contributed by atoms with Crippen molar-refractivity contribution in [1.82, 2.24) is 4.90 Å². The maximum atomic E-state index is 12.4. The van der Waals surface area contributed by atoms with Crippen LogP contribution in [0, 0.1) is 17.2 Å². The highest BCUT2D eigenvalue weighted by atomic mass is 35.5. The van der Waals surface area contributed by atoms with Gasteiger partial charge in [-0.2, -0.15) is 5.26 Å². The second kappa shape index (κ2) is 7.81. The molecule has 0 saturated heterocycles. The Hall–Kier alpha value is -1.57. The maximum absolute atomic E-state index is 12.4. The van der Waals surface area contributed by atoms with Gasteiger partial charge in [-0.15, -0.1) is 0 Å². The number of hydrogen-bond acceptors (Lipinski definition) is 3. The molecule has 1 saturated carbocycles. The normalized spacial score (nSPS) is 16.7. The zero-order chi connectivity index (χ0) is 17.0. The molecule has 1 aliphatic carbocycles. The zero-order valence-corrected chi connectivity index (χ0v) is 14.7. The SMILES string of the molecule is CCC(C)C(C)N(CC(=O)Nc1cc(Cl)ccc1C#N)C1CC1. The summed E-state index contributed by atoms with van der Waals surface area (Å²) >= 11 is 5.96. The molecule has 1 aliphatic rings. The van der Waals surface area contributed by atoms with Crippen LogP contribution in [-0.4, -0.2) is 29.4 Å². The Labute approximate surface area is 143 Å². The number of anilines is 1. The van der Waals surface area contributed by atoms with Gasteiger partial charge in [0.2, 0.25) is 5.91 Å². The minimum atomic E-state index is -0.0918. The molecule has 2 unspecified atom stereocenters. The van der Waals surface area contributed by atoms with Crippen molar-refractivity contribution in [2.75, 3.05) is 11.9 Å². The number of amides is 1. The molecule has 0 heterocycles. The maximum Gasteiger partial charge on any atom is 0.238 e. The van der Waals surface area contributed by atoms with Crippen LogP contribution >= 0.6 is 11.6 Å². The first-order valence-electron chi connectivity index (χ1n) is 8.21. The Kier molecular flexibility index (Phi) is 6.04. The lowest BCUT2D eigenvalue weighted by Gasteiger charge is -2.32. The van der Waals surface area contributed by atoms with Crippen molar-refractivity contribution in [3.8, 4) is 6.07 Å². The van der Waals surface area contributed by atoms with Gasteiger partial charge in [-0.25, -0.2) is 0 Å². The van der Waals surface area contributed by atoms with Crippen molar-refractivity contribution >= 4 is 23.2 Å². The number of nitrogens with zero attached hydrogens (tertiary/aromatic N) is 2. The van der Waals surface area contributed by atoms with E-state index in [-0.39, 0.29) is 5.91 Å². The summed E-state index contributed by atoms with van der Waals surface area (Å²) in [6, 6.07) is 7.86. The van der Waals surface area contributed by atoms with Crippen molar-refractivity contribution in [1.29, 1.82) is 5.26 Å².